The third kappa shape index (κ3) is 5.35. The molecule has 2 N–H and O–H groups in total. The summed E-state index contributed by atoms with van der Waals surface area (Å²) in [5.41, 5.74) is 1.26. The van der Waals surface area contributed by atoms with Crippen LogP contribution >= 0.6 is 15.9 Å². The first-order chi connectivity index (χ1) is 12.1. The molecule has 1 aromatic carbocycles. The Morgan fingerprint density at radius 1 is 1.16 bits per heavy atom. The first kappa shape index (κ1) is 18.5. The van der Waals surface area contributed by atoms with Gasteiger partial charge in [-0.15, -0.1) is 0 Å². The smallest absolute Gasteiger partial charge is 0.315 e. The quantitative estimate of drug-likeness (QED) is 0.786. The van der Waals surface area contributed by atoms with Crippen molar-refractivity contribution in [1.82, 2.24) is 15.5 Å². The van der Waals surface area contributed by atoms with Crippen LogP contribution in [0.15, 0.2) is 28.7 Å². The summed E-state index contributed by atoms with van der Waals surface area (Å²) < 4.78 is 1.11. The van der Waals surface area contributed by atoms with Crippen LogP contribution in [0.3, 0.4) is 0 Å². The van der Waals surface area contributed by atoms with Gasteiger partial charge in [-0.2, -0.15) is 0 Å². The van der Waals surface area contributed by atoms with Crippen LogP contribution in [0.5, 0.6) is 0 Å². The van der Waals surface area contributed by atoms with Gasteiger partial charge in [-0.25, -0.2) is 4.79 Å². The fraction of sp³-hybridized carbons (Fsp3) is 0.632. The van der Waals surface area contributed by atoms with E-state index in [-0.39, 0.29) is 6.03 Å². The van der Waals surface area contributed by atoms with E-state index in [9.17, 15) is 4.79 Å². The summed E-state index contributed by atoms with van der Waals surface area (Å²) >= 11 is 3.48. The van der Waals surface area contributed by atoms with Crippen LogP contribution in [0.4, 0.5) is 10.5 Å². The number of halogens is 1. The molecule has 5 nitrogen and oxygen atoms in total. The maximum absolute atomic E-state index is 12.2. The van der Waals surface area contributed by atoms with Gasteiger partial charge in [-0.3, -0.25) is 0 Å². The van der Waals surface area contributed by atoms with Gasteiger partial charge in [-0.1, -0.05) is 22.9 Å². The molecule has 0 saturated carbocycles. The minimum Gasteiger partial charge on any atom is -0.371 e. The second kappa shape index (κ2) is 8.90. The molecule has 0 bridgehead atoms. The van der Waals surface area contributed by atoms with Gasteiger partial charge in [0.25, 0.3) is 0 Å². The van der Waals surface area contributed by atoms with Gasteiger partial charge in [0.15, 0.2) is 0 Å². The molecule has 2 aliphatic rings. The molecule has 2 saturated heterocycles. The van der Waals surface area contributed by atoms with Crippen molar-refractivity contribution in [3.63, 3.8) is 0 Å². The van der Waals surface area contributed by atoms with Crippen LogP contribution in [0.1, 0.15) is 26.2 Å². The fourth-order valence-electron chi connectivity index (χ4n) is 3.75. The van der Waals surface area contributed by atoms with E-state index in [0.717, 1.165) is 63.0 Å². The lowest BCUT2D eigenvalue weighted by molar-refractivity contribution is 0.198. The Kier molecular flexibility index (Phi) is 6.59. The summed E-state index contributed by atoms with van der Waals surface area (Å²) in [6.07, 6.45) is 3.25. The highest BCUT2D eigenvalue weighted by molar-refractivity contribution is 9.10. The molecule has 1 atom stereocenters. The molecule has 0 aliphatic carbocycles. The van der Waals surface area contributed by atoms with Gasteiger partial charge < -0.3 is 20.4 Å². The summed E-state index contributed by atoms with van der Waals surface area (Å²) in [7, 11) is 0. The molecule has 2 fully saturated rings. The van der Waals surface area contributed by atoms with Crippen LogP contribution in [0, 0.1) is 5.92 Å². The van der Waals surface area contributed by atoms with E-state index >= 15 is 0 Å². The number of rotatable bonds is 5. The Hall–Kier alpha value is -1.27. The van der Waals surface area contributed by atoms with E-state index in [1.54, 1.807) is 0 Å². The zero-order valence-corrected chi connectivity index (χ0v) is 16.6. The van der Waals surface area contributed by atoms with Crippen molar-refractivity contribution in [2.24, 2.45) is 5.92 Å². The molecule has 3 rings (SSSR count). The molecular weight excluding hydrogens is 380 g/mol. The zero-order chi connectivity index (χ0) is 17.6. The van der Waals surface area contributed by atoms with Crippen LogP contribution in [-0.4, -0.2) is 56.2 Å². The second-order valence-electron chi connectivity index (χ2n) is 7.14. The average Bonchev–Trinajstić information content (AvgIpc) is 3.10. The number of amides is 2. The molecule has 0 radical (unpaired) electrons. The van der Waals surface area contributed by atoms with Crippen molar-refractivity contribution >= 4 is 27.6 Å². The van der Waals surface area contributed by atoms with Gasteiger partial charge >= 0.3 is 6.03 Å². The van der Waals surface area contributed by atoms with E-state index in [1.165, 1.54) is 5.69 Å². The number of urea groups is 1. The summed E-state index contributed by atoms with van der Waals surface area (Å²) in [5.74, 6) is 0.524. The van der Waals surface area contributed by atoms with E-state index < -0.39 is 0 Å². The topological polar surface area (TPSA) is 47.6 Å². The molecule has 25 heavy (non-hydrogen) atoms. The van der Waals surface area contributed by atoms with Crippen molar-refractivity contribution < 1.29 is 4.79 Å². The normalized spacial score (nSPS) is 22.2. The highest BCUT2D eigenvalue weighted by Crippen LogP contribution is 2.25. The lowest BCUT2D eigenvalue weighted by Gasteiger charge is -2.31. The lowest BCUT2D eigenvalue weighted by Crippen LogP contribution is -2.48. The number of anilines is 1. The summed E-state index contributed by atoms with van der Waals surface area (Å²) in [5, 5.41) is 6.22. The number of nitrogens with one attached hydrogen (secondary N) is 2. The van der Waals surface area contributed by atoms with E-state index in [1.807, 2.05) is 0 Å². The molecule has 2 aliphatic heterocycles. The maximum Gasteiger partial charge on any atom is 0.315 e. The Morgan fingerprint density at radius 3 is 2.56 bits per heavy atom. The molecule has 0 spiro atoms. The number of hydrogen-bond acceptors (Lipinski definition) is 3. The van der Waals surface area contributed by atoms with E-state index in [2.05, 4.69) is 67.6 Å². The molecule has 138 valence electrons. The first-order valence-corrected chi connectivity index (χ1v) is 10.2. The first-order valence-electron chi connectivity index (χ1n) is 9.41. The zero-order valence-electron chi connectivity index (χ0n) is 15.0. The number of likely N-dealkylation sites (tertiary alicyclic amines) is 1. The number of hydrogen-bond donors (Lipinski definition) is 2. The number of benzene rings is 1. The predicted octanol–water partition coefficient (Wildman–Crippen LogP) is 3.06. The molecule has 6 heteroatoms. The molecule has 0 unspecified atom stereocenters. The Balaban J connectivity index is 1.36. The minimum absolute atomic E-state index is 0.00274. The summed E-state index contributed by atoms with van der Waals surface area (Å²) in [6, 6.07) is 8.78. The highest BCUT2D eigenvalue weighted by Gasteiger charge is 2.24. The van der Waals surface area contributed by atoms with Crippen molar-refractivity contribution in [2.75, 3.05) is 44.2 Å². The number of carbonyl (C=O) groups is 1. The van der Waals surface area contributed by atoms with Crippen molar-refractivity contribution in [3.05, 3.63) is 28.7 Å². The van der Waals surface area contributed by atoms with E-state index in [4.69, 9.17) is 0 Å². The van der Waals surface area contributed by atoms with Crippen LogP contribution < -0.4 is 15.5 Å². The summed E-state index contributed by atoms with van der Waals surface area (Å²) in [4.78, 5) is 17.0. The SMILES string of the molecule is CCN1CCC(NC(=O)NC[C@@H]2CCN(c3ccc(Br)cc3)C2)CC1. The van der Waals surface area contributed by atoms with Gasteiger partial charge in [0.05, 0.1) is 0 Å². The lowest BCUT2D eigenvalue weighted by atomic mass is 10.1. The molecule has 1 aromatic rings. The number of nitrogens with zero attached hydrogens (tertiary/aromatic N) is 2. The largest absolute Gasteiger partial charge is 0.371 e. The monoisotopic (exact) mass is 408 g/mol. The fourth-order valence-corrected chi connectivity index (χ4v) is 4.02. The maximum atomic E-state index is 12.2. The molecule has 0 aromatic heterocycles. The van der Waals surface area contributed by atoms with Crippen molar-refractivity contribution in [1.29, 1.82) is 0 Å². The molecule has 2 heterocycles. The Labute approximate surface area is 159 Å². The van der Waals surface area contributed by atoms with Crippen molar-refractivity contribution in [2.45, 2.75) is 32.2 Å². The number of carbonyl (C=O) groups excluding carboxylic acids is 1. The van der Waals surface area contributed by atoms with Gasteiger partial charge in [0.2, 0.25) is 0 Å². The Bertz CT molecular complexity index is 557. The third-order valence-corrected chi connectivity index (χ3v) is 5.93. The summed E-state index contributed by atoms with van der Waals surface area (Å²) in [6.45, 7) is 8.31. The second-order valence-corrected chi connectivity index (χ2v) is 8.06. The van der Waals surface area contributed by atoms with Crippen LogP contribution in [0.25, 0.3) is 0 Å². The van der Waals surface area contributed by atoms with Crippen LogP contribution in [0.2, 0.25) is 0 Å². The third-order valence-electron chi connectivity index (χ3n) is 5.40. The average molecular weight is 409 g/mol. The molecule has 2 amide bonds. The molecular formula is C19H29BrN4O. The van der Waals surface area contributed by atoms with Gasteiger partial charge in [-0.05, 0) is 56.0 Å². The Morgan fingerprint density at radius 2 is 1.88 bits per heavy atom. The predicted molar refractivity (Wildman–Crippen MR) is 106 cm³/mol. The van der Waals surface area contributed by atoms with Crippen LogP contribution in [-0.2, 0) is 0 Å². The highest BCUT2D eigenvalue weighted by atomic mass is 79.9. The number of piperidine rings is 1. The van der Waals surface area contributed by atoms with Gasteiger partial charge in [0.1, 0.15) is 0 Å². The van der Waals surface area contributed by atoms with E-state index in [0.29, 0.717) is 12.0 Å². The van der Waals surface area contributed by atoms with Gasteiger partial charge in [0, 0.05) is 48.9 Å². The minimum atomic E-state index is -0.00274. The van der Waals surface area contributed by atoms with Crippen molar-refractivity contribution in [3.8, 4) is 0 Å². The standard InChI is InChI=1S/C19H29BrN4O/c1-2-23-10-8-17(9-11-23)22-19(25)21-13-15-7-12-24(14-15)18-5-3-16(20)4-6-18/h3-6,15,17H,2,7-14H2,1H3,(H2,21,22,25)/t15-/m0/s1.